The summed E-state index contributed by atoms with van der Waals surface area (Å²) in [7, 11) is -1.94. The average Bonchev–Trinajstić information content (AvgIpc) is 2.48. The van der Waals surface area contributed by atoms with Crippen LogP contribution in [-0.2, 0) is 14.8 Å². The van der Waals surface area contributed by atoms with Crippen LogP contribution in [0.2, 0.25) is 0 Å². The van der Waals surface area contributed by atoms with Crippen molar-refractivity contribution in [1.82, 2.24) is 4.31 Å². The van der Waals surface area contributed by atoms with Gasteiger partial charge in [0.15, 0.2) is 0 Å². The second kappa shape index (κ2) is 9.25. The summed E-state index contributed by atoms with van der Waals surface area (Å²) in [6.07, 6.45) is 0.752. The first-order valence-electron chi connectivity index (χ1n) is 6.85. The fourth-order valence-electron chi connectivity index (χ4n) is 1.59. The number of likely N-dealkylation sites (N-methyl/N-ethyl adjacent to an activating group) is 1. The molecule has 120 valence electrons. The number of hydrogen-bond acceptors (Lipinski definition) is 4. The molecule has 0 aliphatic rings. The van der Waals surface area contributed by atoms with Gasteiger partial charge in [-0.15, -0.1) is 11.6 Å². The Bertz CT molecular complexity index is 504. The van der Waals surface area contributed by atoms with Gasteiger partial charge in [-0.1, -0.05) is 0 Å². The average molecular weight is 336 g/mol. The molecule has 0 unspecified atom stereocenters. The molecular weight excluding hydrogens is 314 g/mol. The maximum Gasteiger partial charge on any atom is 0.242 e. The van der Waals surface area contributed by atoms with Crippen LogP contribution < -0.4 is 4.74 Å². The van der Waals surface area contributed by atoms with E-state index in [2.05, 4.69) is 0 Å². The van der Waals surface area contributed by atoms with Gasteiger partial charge in [-0.05, 0) is 37.6 Å². The van der Waals surface area contributed by atoms with E-state index in [-0.39, 0.29) is 4.90 Å². The van der Waals surface area contributed by atoms with Crippen LogP contribution in [0.15, 0.2) is 29.2 Å². The molecule has 0 fully saturated rings. The van der Waals surface area contributed by atoms with Crippen molar-refractivity contribution < 1.29 is 17.9 Å². The summed E-state index contributed by atoms with van der Waals surface area (Å²) in [5, 5.41) is 0. The van der Waals surface area contributed by atoms with E-state index in [0.717, 1.165) is 6.42 Å². The van der Waals surface area contributed by atoms with Crippen LogP contribution in [0.4, 0.5) is 0 Å². The second-order valence-electron chi connectivity index (χ2n) is 4.39. The third-order valence-electron chi connectivity index (χ3n) is 2.83. The molecule has 0 aromatic heterocycles. The number of rotatable bonds is 10. The highest BCUT2D eigenvalue weighted by Crippen LogP contribution is 2.18. The number of ether oxygens (including phenoxy) is 2. The molecule has 0 N–H and O–H groups in total. The molecule has 0 aliphatic carbocycles. The molecule has 0 amide bonds. The van der Waals surface area contributed by atoms with Crippen molar-refractivity contribution in [3.05, 3.63) is 24.3 Å². The Kier molecular flexibility index (Phi) is 8.03. The van der Waals surface area contributed by atoms with Gasteiger partial charge in [-0.25, -0.2) is 8.42 Å². The number of sulfonamides is 1. The minimum Gasteiger partial charge on any atom is -0.494 e. The minimum atomic E-state index is -3.48. The van der Waals surface area contributed by atoms with Crippen molar-refractivity contribution in [3.63, 3.8) is 0 Å². The normalized spacial score (nSPS) is 11.8. The molecule has 0 saturated carbocycles. The Hall–Kier alpha value is -0.820. The van der Waals surface area contributed by atoms with Gasteiger partial charge in [0.05, 0.1) is 18.1 Å². The lowest BCUT2D eigenvalue weighted by Crippen LogP contribution is -2.30. The van der Waals surface area contributed by atoms with Crippen molar-refractivity contribution in [2.24, 2.45) is 0 Å². The lowest BCUT2D eigenvalue weighted by Gasteiger charge is -2.17. The number of hydrogen-bond donors (Lipinski definition) is 0. The molecule has 5 nitrogen and oxygen atoms in total. The van der Waals surface area contributed by atoms with Gasteiger partial charge < -0.3 is 9.47 Å². The zero-order chi connectivity index (χ0) is 15.7. The Morgan fingerprint density at radius 2 is 1.86 bits per heavy atom. The lowest BCUT2D eigenvalue weighted by atomic mass is 10.3. The van der Waals surface area contributed by atoms with E-state index in [0.29, 0.717) is 38.0 Å². The van der Waals surface area contributed by atoms with Crippen LogP contribution in [0.5, 0.6) is 5.75 Å². The first kappa shape index (κ1) is 18.2. The van der Waals surface area contributed by atoms with Crippen LogP contribution in [0.1, 0.15) is 13.3 Å². The summed E-state index contributed by atoms with van der Waals surface area (Å²) in [6.45, 7) is 3.67. The molecule has 0 bridgehead atoms. The summed E-state index contributed by atoms with van der Waals surface area (Å²) in [5.41, 5.74) is 0. The topological polar surface area (TPSA) is 55.8 Å². The zero-order valence-corrected chi connectivity index (χ0v) is 14.0. The number of nitrogens with zero attached hydrogens (tertiary/aromatic N) is 1. The maximum absolute atomic E-state index is 12.3. The van der Waals surface area contributed by atoms with Crippen LogP contribution in [0.25, 0.3) is 0 Å². The Labute approximate surface area is 131 Å². The highest BCUT2D eigenvalue weighted by Gasteiger charge is 2.20. The summed E-state index contributed by atoms with van der Waals surface area (Å²) in [6, 6.07) is 6.39. The molecule has 7 heteroatoms. The van der Waals surface area contributed by atoms with Crippen LogP contribution in [0.3, 0.4) is 0 Å². The van der Waals surface area contributed by atoms with E-state index in [9.17, 15) is 8.42 Å². The van der Waals surface area contributed by atoms with Crippen LogP contribution in [-0.4, -0.2) is 52.0 Å². The molecule has 0 spiro atoms. The van der Waals surface area contributed by atoms with Gasteiger partial charge in [0, 0.05) is 26.1 Å². The molecule has 0 aliphatic heterocycles. The Morgan fingerprint density at radius 1 is 1.19 bits per heavy atom. The Morgan fingerprint density at radius 3 is 2.43 bits per heavy atom. The smallest absolute Gasteiger partial charge is 0.242 e. The zero-order valence-electron chi connectivity index (χ0n) is 12.4. The molecule has 0 saturated heterocycles. The van der Waals surface area contributed by atoms with E-state index in [1.54, 1.807) is 31.3 Å². The monoisotopic (exact) mass is 335 g/mol. The van der Waals surface area contributed by atoms with E-state index < -0.39 is 10.0 Å². The summed E-state index contributed by atoms with van der Waals surface area (Å²) < 4.78 is 36.5. The molecule has 1 aromatic rings. The first-order chi connectivity index (χ1) is 10.0. The predicted octanol–water partition coefficient (Wildman–Crippen LogP) is 2.35. The summed E-state index contributed by atoms with van der Waals surface area (Å²) >= 11 is 5.56. The quantitative estimate of drug-likeness (QED) is 0.486. The van der Waals surface area contributed by atoms with E-state index in [4.69, 9.17) is 21.1 Å². The third-order valence-corrected chi connectivity index (χ3v) is 4.97. The summed E-state index contributed by atoms with van der Waals surface area (Å²) in [5.74, 6) is 1.17. The number of halogens is 1. The predicted molar refractivity (Wildman–Crippen MR) is 83.6 cm³/mol. The Balaban J connectivity index is 2.66. The SMILES string of the molecule is CCOCCN(C)S(=O)(=O)c1ccc(OCCCCl)cc1. The van der Waals surface area contributed by atoms with Gasteiger partial charge in [0.1, 0.15) is 5.75 Å². The largest absolute Gasteiger partial charge is 0.494 e. The van der Waals surface area contributed by atoms with Crippen LogP contribution in [0, 0.1) is 0 Å². The molecule has 0 atom stereocenters. The van der Waals surface area contributed by atoms with Gasteiger partial charge in [-0.2, -0.15) is 4.31 Å². The van der Waals surface area contributed by atoms with E-state index >= 15 is 0 Å². The van der Waals surface area contributed by atoms with E-state index in [1.807, 2.05) is 6.92 Å². The van der Waals surface area contributed by atoms with Gasteiger partial charge in [-0.3, -0.25) is 0 Å². The van der Waals surface area contributed by atoms with Crippen molar-refractivity contribution in [3.8, 4) is 5.75 Å². The first-order valence-corrected chi connectivity index (χ1v) is 8.82. The molecule has 1 aromatic carbocycles. The van der Waals surface area contributed by atoms with Gasteiger partial charge in [0.25, 0.3) is 0 Å². The second-order valence-corrected chi connectivity index (χ2v) is 6.81. The van der Waals surface area contributed by atoms with Crippen molar-refractivity contribution in [1.29, 1.82) is 0 Å². The van der Waals surface area contributed by atoms with Crippen molar-refractivity contribution in [2.75, 3.05) is 39.3 Å². The van der Waals surface area contributed by atoms with Gasteiger partial charge >= 0.3 is 0 Å². The fraction of sp³-hybridized carbons (Fsp3) is 0.571. The highest BCUT2D eigenvalue weighted by molar-refractivity contribution is 7.89. The van der Waals surface area contributed by atoms with Crippen molar-refractivity contribution in [2.45, 2.75) is 18.2 Å². The number of alkyl halides is 1. The molecular formula is C14H22ClNO4S. The molecule has 21 heavy (non-hydrogen) atoms. The lowest BCUT2D eigenvalue weighted by molar-refractivity contribution is 0.138. The third kappa shape index (κ3) is 5.82. The van der Waals surface area contributed by atoms with Gasteiger partial charge in [0.2, 0.25) is 10.0 Å². The minimum absolute atomic E-state index is 0.242. The van der Waals surface area contributed by atoms with E-state index in [1.165, 1.54) is 4.31 Å². The van der Waals surface area contributed by atoms with Crippen molar-refractivity contribution >= 4 is 21.6 Å². The highest BCUT2D eigenvalue weighted by atomic mass is 35.5. The molecule has 0 radical (unpaired) electrons. The molecule has 0 heterocycles. The number of benzene rings is 1. The standard InChI is InChI=1S/C14H22ClNO4S/c1-3-19-12-10-16(2)21(17,18)14-7-5-13(6-8-14)20-11-4-9-15/h5-8H,3-4,9-12H2,1-2H3. The molecule has 1 rings (SSSR count). The maximum atomic E-state index is 12.3. The summed E-state index contributed by atoms with van der Waals surface area (Å²) in [4.78, 5) is 0.242. The fourth-order valence-corrected chi connectivity index (χ4v) is 2.85. The van der Waals surface area contributed by atoms with Crippen LogP contribution >= 0.6 is 11.6 Å².